The molecule has 1 saturated heterocycles. The van der Waals surface area contributed by atoms with Crippen molar-refractivity contribution in [2.24, 2.45) is 0 Å². The molecule has 1 heterocycles. The van der Waals surface area contributed by atoms with E-state index in [0.29, 0.717) is 19.4 Å². The minimum atomic E-state index is -0.796. The summed E-state index contributed by atoms with van der Waals surface area (Å²) in [6.07, 6.45) is 2.03. The Kier molecular flexibility index (Phi) is 3.54. The molecule has 3 amide bonds. The molecule has 3 aromatic carbocycles. The maximum absolute atomic E-state index is 13.3. The zero-order valence-electron chi connectivity index (χ0n) is 14.9. The van der Waals surface area contributed by atoms with E-state index in [4.69, 9.17) is 0 Å². The first-order valence-corrected chi connectivity index (χ1v) is 9.34. The van der Waals surface area contributed by atoms with Crippen LogP contribution in [0, 0.1) is 0 Å². The number of fused-ring (bicyclic) bond motifs is 2. The molecule has 1 unspecified atom stereocenters. The number of rotatable bonds is 2. The molecular formula is C23H20N2O2. The van der Waals surface area contributed by atoms with Gasteiger partial charge >= 0.3 is 6.03 Å². The molecule has 0 bridgehead atoms. The number of benzene rings is 3. The van der Waals surface area contributed by atoms with Crippen LogP contribution >= 0.6 is 0 Å². The molecule has 1 atom stereocenters. The molecule has 2 aliphatic rings. The fourth-order valence-corrected chi connectivity index (χ4v) is 4.45. The monoisotopic (exact) mass is 356 g/mol. The molecule has 0 saturated carbocycles. The summed E-state index contributed by atoms with van der Waals surface area (Å²) in [6.45, 7) is 0.301. The molecule has 4 heteroatoms. The topological polar surface area (TPSA) is 49.4 Å². The van der Waals surface area contributed by atoms with Gasteiger partial charge in [0.15, 0.2) is 0 Å². The van der Waals surface area contributed by atoms with Crippen molar-refractivity contribution in [2.75, 3.05) is 0 Å². The van der Waals surface area contributed by atoms with Gasteiger partial charge in [0.25, 0.3) is 5.91 Å². The van der Waals surface area contributed by atoms with E-state index >= 15 is 0 Å². The smallest absolute Gasteiger partial charge is 0.323 e. The summed E-state index contributed by atoms with van der Waals surface area (Å²) in [4.78, 5) is 27.4. The van der Waals surface area contributed by atoms with Crippen LogP contribution < -0.4 is 5.32 Å². The molecule has 1 aliphatic heterocycles. The minimum absolute atomic E-state index is 0.102. The van der Waals surface area contributed by atoms with E-state index in [2.05, 4.69) is 17.4 Å². The average Bonchev–Trinajstić information content (AvgIpc) is 2.92. The quantitative estimate of drug-likeness (QED) is 0.710. The largest absolute Gasteiger partial charge is 0.325 e. The Morgan fingerprint density at radius 2 is 1.63 bits per heavy atom. The molecule has 0 radical (unpaired) electrons. The van der Waals surface area contributed by atoms with E-state index in [1.165, 1.54) is 10.5 Å². The summed E-state index contributed by atoms with van der Waals surface area (Å²) in [5.74, 6) is -0.102. The van der Waals surface area contributed by atoms with Crippen LogP contribution in [0.4, 0.5) is 4.79 Å². The predicted molar refractivity (Wildman–Crippen MR) is 104 cm³/mol. The third-order valence-corrected chi connectivity index (χ3v) is 5.89. The van der Waals surface area contributed by atoms with Gasteiger partial charge in [0.2, 0.25) is 0 Å². The highest BCUT2D eigenvalue weighted by atomic mass is 16.2. The fraction of sp³-hybridized carbons (Fsp3) is 0.217. The lowest BCUT2D eigenvalue weighted by Gasteiger charge is -2.32. The van der Waals surface area contributed by atoms with Crippen LogP contribution in [-0.2, 0) is 24.2 Å². The highest BCUT2D eigenvalue weighted by molar-refractivity contribution is 6.07. The Balaban J connectivity index is 1.47. The van der Waals surface area contributed by atoms with Gasteiger partial charge in [-0.3, -0.25) is 9.69 Å². The van der Waals surface area contributed by atoms with Crippen molar-refractivity contribution in [2.45, 2.75) is 31.3 Å². The first-order chi connectivity index (χ1) is 13.2. The maximum Gasteiger partial charge on any atom is 0.325 e. The number of nitrogens with one attached hydrogen (secondary N) is 1. The number of carbonyl (C=O) groups is 2. The number of aryl methyl sites for hydroxylation is 1. The highest BCUT2D eigenvalue weighted by Gasteiger charge is 2.52. The van der Waals surface area contributed by atoms with Gasteiger partial charge in [-0.2, -0.15) is 0 Å². The summed E-state index contributed by atoms with van der Waals surface area (Å²) in [7, 11) is 0. The van der Waals surface area contributed by atoms with E-state index in [-0.39, 0.29) is 11.9 Å². The van der Waals surface area contributed by atoms with Crippen LogP contribution in [0.25, 0.3) is 10.8 Å². The van der Waals surface area contributed by atoms with E-state index in [1.807, 2.05) is 54.6 Å². The first-order valence-electron chi connectivity index (χ1n) is 9.34. The van der Waals surface area contributed by atoms with Crippen molar-refractivity contribution in [1.82, 2.24) is 10.2 Å². The normalized spacial score (nSPS) is 21.6. The fourth-order valence-electron chi connectivity index (χ4n) is 4.45. The van der Waals surface area contributed by atoms with Gasteiger partial charge in [0.1, 0.15) is 5.54 Å². The van der Waals surface area contributed by atoms with Crippen LogP contribution in [0.2, 0.25) is 0 Å². The molecule has 1 fully saturated rings. The first kappa shape index (κ1) is 16.1. The zero-order chi connectivity index (χ0) is 18.4. The summed E-state index contributed by atoms with van der Waals surface area (Å²) in [6, 6.07) is 22.0. The Labute approximate surface area is 157 Å². The Morgan fingerprint density at radius 1 is 0.889 bits per heavy atom. The molecule has 0 aromatic heterocycles. The summed E-state index contributed by atoms with van der Waals surface area (Å²) in [5, 5.41) is 5.21. The third-order valence-electron chi connectivity index (χ3n) is 5.89. The van der Waals surface area contributed by atoms with Gasteiger partial charge in [-0.25, -0.2) is 4.79 Å². The molecule has 27 heavy (non-hydrogen) atoms. The van der Waals surface area contributed by atoms with Gasteiger partial charge in [-0.05, 0) is 40.3 Å². The van der Waals surface area contributed by atoms with Gasteiger partial charge in [0.05, 0.1) is 6.54 Å². The molecule has 3 aromatic rings. The lowest BCUT2D eigenvalue weighted by Crippen LogP contribution is -2.51. The molecule has 5 rings (SSSR count). The summed E-state index contributed by atoms with van der Waals surface area (Å²) >= 11 is 0. The second-order valence-corrected chi connectivity index (χ2v) is 7.49. The number of carbonyl (C=O) groups excluding carboxylic acids is 2. The molecule has 4 nitrogen and oxygen atoms in total. The maximum atomic E-state index is 13.3. The molecular weight excluding hydrogens is 336 g/mol. The van der Waals surface area contributed by atoms with E-state index in [0.717, 1.165) is 28.3 Å². The number of urea groups is 1. The standard InChI is InChI=1S/C23H20N2O2/c26-21-23(13-12-16-6-1-2-8-18(16)14-23)24-22(27)25(21)15-19-10-5-9-17-7-3-4-11-20(17)19/h1-11H,12-15H2,(H,24,27). The lowest BCUT2D eigenvalue weighted by atomic mass is 9.78. The van der Waals surface area contributed by atoms with Crippen molar-refractivity contribution in [1.29, 1.82) is 0 Å². The summed E-state index contributed by atoms with van der Waals surface area (Å²) in [5.41, 5.74) is 2.63. The number of imide groups is 1. The predicted octanol–water partition coefficient (Wildman–Crippen LogP) is 3.82. The van der Waals surface area contributed by atoms with Crippen LogP contribution in [-0.4, -0.2) is 22.4 Å². The van der Waals surface area contributed by atoms with Gasteiger partial charge in [0, 0.05) is 6.42 Å². The lowest BCUT2D eigenvalue weighted by molar-refractivity contribution is -0.132. The highest BCUT2D eigenvalue weighted by Crippen LogP contribution is 2.34. The zero-order valence-corrected chi connectivity index (χ0v) is 14.9. The second kappa shape index (κ2) is 5.95. The number of amides is 3. The Hall–Kier alpha value is -3.14. The van der Waals surface area contributed by atoms with E-state index in [9.17, 15) is 9.59 Å². The molecule has 1 aliphatic carbocycles. The number of nitrogens with zero attached hydrogens (tertiary/aromatic N) is 1. The van der Waals surface area contributed by atoms with Gasteiger partial charge in [-0.15, -0.1) is 0 Å². The third kappa shape index (κ3) is 2.52. The summed E-state index contributed by atoms with van der Waals surface area (Å²) < 4.78 is 0. The molecule has 134 valence electrons. The average molecular weight is 356 g/mol. The van der Waals surface area contributed by atoms with Crippen molar-refractivity contribution in [3.8, 4) is 0 Å². The molecule has 1 spiro atoms. The minimum Gasteiger partial charge on any atom is -0.323 e. The molecule has 1 N–H and O–H groups in total. The van der Waals surface area contributed by atoms with E-state index in [1.54, 1.807) is 0 Å². The van der Waals surface area contributed by atoms with Crippen molar-refractivity contribution >= 4 is 22.7 Å². The second-order valence-electron chi connectivity index (χ2n) is 7.49. The van der Waals surface area contributed by atoms with Crippen LogP contribution in [0.1, 0.15) is 23.1 Å². The van der Waals surface area contributed by atoms with Gasteiger partial charge in [-0.1, -0.05) is 66.7 Å². The Morgan fingerprint density at radius 3 is 2.52 bits per heavy atom. The SMILES string of the molecule is O=C1NC2(CCc3ccccc3C2)C(=O)N1Cc1cccc2ccccc12. The van der Waals surface area contributed by atoms with Gasteiger partial charge < -0.3 is 5.32 Å². The number of hydrogen-bond donors (Lipinski definition) is 1. The van der Waals surface area contributed by atoms with Crippen molar-refractivity contribution < 1.29 is 9.59 Å². The Bertz CT molecular complexity index is 1070. The number of hydrogen-bond acceptors (Lipinski definition) is 2. The van der Waals surface area contributed by atoms with Crippen molar-refractivity contribution in [3.63, 3.8) is 0 Å². The van der Waals surface area contributed by atoms with Crippen LogP contribution in [0.5, 0.6) is 0 Å². The van der Waals surface area contributed by atoms with Crippen LogP contribution in [0.15, 0.2) is 66.7 Å². The van der Waals surface area contributed by atoms with Crippen molar-refractivity contribution in [3.05, 3.63) is 83.4 Å². The van der Waals surface area contributed by atoms with E-state index < -0.39 is 5.54 Å². The van der Waals surface area contributed by atoms with Crippen LogP contribution in [0.3, 0.4) is 0 Å².